The van der Waals surface area contributed by atoms with Crippen LogP contribution in [0.2, 0.25) is 0 Å². The van der Waals surface area contributed by atoms with Crippen LogP contribution in [-0.2, 0) is 14.8 Å². The molecule has 0 aromatic heterocycles. The first-order chi connectivity index (χ1) is 7.59. The van der Waals surface area contributed by atoms with Gasteiger partial charge in [0.25, 0.3) is 0 Å². The average molecular weight is 250 g/mol. The van der Waals surface area contributed by atoms with Crippen molar-refractivity contribution in [3.8, 4) is 0 Å². The minimum Gasteiger partial charge on any atom is -0.380 e. The Labute approximate surface area is 98.0 Å². The Kier molecular flexibility index (Phi) is 5.68. The maximum atomic E-state index is 11.2. The summed E-state index contributed by atoms with van der Waals surface area (Å²) in [4.78, 5) is 0. The van der Waals surface area contributed by atoms with Crippen molar-refractivity contribution < 1.29 is 13.2 Å². The van der Waals surface area contributed by atoms with E-state index < -0.39 is 10.0 Å². The van der Waals surface area contributed by atoms with Gasteiger partial charge in [-0.15, -0.1) is 0 Å². The normalized spacial score (nSPS) is 26.9. The topological polar surface area (TPSA) is 67.4 Å². The van der Waals surface area contributed by atoms with E-state index in [1.807, 2.05) is 0 Å². The second kappa shape index (κ2) is 6.54. The van der Waals surface area contributed by atoms with Gasteiger partial charge >= 0.3 is 0 Å². The van der Waals surface area contributed by atoms with Crippen LogP contribution in [0.25, 0.3) is 0 Å². The molecule has 0 aliphatic heterocycles. The van der Waals surface area contributed by atoms with Gasteiger partial charge in [0.1, 0.15) is 0 Å². The molecule has 0 saturated heterocycles. The molecule has 16 heavy (non-hydrogen) atoms. The minimum absolute atomic E-state index is 0.121. The number of hydrogen-bond donors (Lipinski definition) is 2. The van der Waals surface area contributed by atoms with Crippen molar-refractivity contribution in [2.75, 3.05) is 26.5 Å². The molecular weight excluding hydrogens is 228 g/mol. The summed E-state index contributed by atoms with van der Waals surface area (Å²) in [6.07, 6.45) is 4.75. The smallest absolute Gasteiger partial charge is 0.212 e. The van der Waals surface area contributed by atoms with Crippen molar-refractivity contribution >= 4 is 10.0 Å². The summed E-state index contributed by atoms with van der Waals surface area (Å²) >= 11 is 0. The molecule has 0 spiro atoms. The van der Waals surface area contributed by atoms with E-state index in [1.165, 1.54) is 19.9 Å². The van der Waals surface area contributed by atoms with Crippen molar-refractivity contribution in [2.45, 2.75) is 37.8 Å². The van der Waals surface area contributed by atoms with Gasteiger partial charge in [0.2, 0.25) is 10.0 Å². The van der Waals surface area contributed by atoms with Crippen LogP contribution in [0, 0.1) is 0 Å². The summed E-state index contributed by atoms with van der Waals surface area (Å²) in [7, 11) is 0.0578. The first kappa shape index (κ1) is 13.9. The maximum Gasteiger partial charge on any atom is 0.212 e. The van der Waals surface area contributed by atoms with Gasteiger partial charge in [-0.3, -0.25) is 0 Å². The summed E-state index contributed by atoms with van der Waals surface area (Å²) in [6, 6.07) is 0.297. The van der Waals surface area contributed by atoms with Gasteiger partial charge in [-0.25, -0.2) is 13.1 Å². The molecule has 1 aliphatic carbocycles. The van der Waals surface area contributed by atoms with Crippen LogP contribution < -0.4 is 10.0 Å². The molecule has 0 radical (unpaired) electrons. The second-order valence-corrected chi connectivity index (χ2v) is 6.19. The molecule has 2 N–H and O–H groups in total. The molecule has 0 amide bonds. The van der Waals surface area contributed by atoms with Gasteiger partial charge in [0, 0.05) is 19.7 Å². The third-order valence-corrected chi connectivity index (χ3v) is 4.46. The largest absolute Gasteiger partial charge is 0.380 e. The van der Waals surface area contributed by atoms with Crippen molar-refractivity contribution in [2.24, 2.45) is 0 Å². The number of sulfonamides is 1. The second-order valence-electron chi connectivity index (χ2n) is 4.14. The lowest BCUT2D eigenvalue weighted by Crippen LogP contribution is -2.45. The van der Waals surface area contributed by atoms with Crippen LogP contribution >= 0.6 is 0 Å². The molecule has 1 aliphatic rings. The summed E-state index contributed by atoms with van der Waals surface area (Å²) in [5.41, 5.74) is 0. The molecule has 5 nitrogen and oxygen atoms in total. The van der Waals surface area contributed by atoms with E-state index in [-0.39, 0.29) is 11.9 Å². The lowest BCUT2D eigenvalue weighted by molar-refractivity contribution is 0.0426. The molecule has 2 atom stereocenters. The molecule has 2 unspecified atom stereocenters. The first-order valence-electron chi connectivity index (χ1n) is 5.76. The molecule has 1 fully saturated rings. The average Bonchev–Trinajstić information content (AvgIpc) is 2.29. The quantitative estimate of drug-likeness (QED) is 0.701. The molecular formula is C10H22N2O3S. The summed E-state index contributed by atoms with van der Waals surface area (Å²) < 4.78 is 30.1. The van der Waals surface area contributed by atoms with Crippen LogP contribution in [0.1, 0.15) is 25.7 Å². The zero-order chi connectivity index (χ0) is 12.0. The van der Waals surface area contributed by atoms with Crippen LogP contribution in [0.3, 0.4) is 0 Å². The molecule has 1 saturated carbocycles. The molecule has 0 aromatic carbocycles. The van der Waals surface area contributed by atoms with Gasteiger partial charge in [-0.05, 0) is 19.9 Å². The van der Waals surface area contributed by atoms with E-state index in [0.717, 1.165) is 12.8 Å². The number of methoxy groups -OCH3 is 1. The fourth-order valence-corrected chi connectivity index (χ4v) is 2.68. The fraction of sp³-hybridized carbons (Fsp3) is 1.00. The highest BCUT2D eigenvalue weighted by Crippen LogP contribution is 2.20. The molecule has 0 aromatic rings. The van der Waals surface area contributed by atoms with Crippen molar-refractivity contribution in [3.63, 3.8) is 0 Å². The van der Waals surface area contributed by atoms with Crippen molar-refractivity contribution in [1.82, 2.24) is 10.0 Å². The first-order valence-corrected chi connectivity index (χ1v) is 7.41. The predicted molar refractivity (Wildman–Crippen MR) is 63.9 cm³/mol. The SMILES string of the molecule is CNS(=O)(=O)CCNC1CCCCC1OC. The number of rotatable bonds is 6. The molecule has 0 heterocycles. The van der Waals surface area contributed by atoms with E-state index in [2.05, 4.69) is 10.0 Å². The summed E-state index contributed by atoms with van der Waals surface area (Å²) in [5, 5.41) is 3.27. The van der Waals surface area contributed by atoms with E-state index in [0.29, 0.717) is 12.6 Å². The number of ether oxygens (including phenoxy) is 1. The third-order valence-electron chi connectivity index (χ3n) is 3.09. The maximum absolute atomic E-state index is 11.2. The van der Waals surface area contributed by atoms with Gasteiger partial charge in [-0.2, -0.15) is 0 Å². The Morgan fingerprint density at radius 1 is 1.31 bits per heavy atom. The van der Waals surface area contributed by atoms with E-state index in [1.54, 1.807) is 7.11 Å². The Balaban J connectivity index is 2.30. The predicted octanol–water partition coefficient (Wildman–Crippen LogP) is 0.0828. The highest BCUT2D eigenvalue weighted by atomic mass is 32.2. The molecule has 6 heteroatoms. The van der Waals surface area contributed by atoms with Gasteiger partial charge in [0.05, 0.1) is 11.9 Å². The van der Waals surface area contributed by atoms with Crippen LogP contribution in [0.15, 0.2) is 0 Å². The standard InChI is InChI=1S/C10H22N2O3S/c1-11-16(13,14)8-7-12-9-5-3-4-6-10(9)15-2/h9-12H,3-8H2,1-2H3. The van der Waals surface area contributed by atoms with Crippen molar-refractivity contribution in [1.29, 1.82) is 0 Å². The zero-order valence-electron chi connectivity index (χ0n) is 10.0. The van der Waals surface area contributed by atoms with Gasteiger partial charge < -0.3 is 10.1 Å². The van der Waals surface area contributed by atoms with E-state index in [9.17, 15) is 8.42 Å². The monoisotopic (exact) mass is 250 g/mol. The van der Waals surface area contributed by atoms with E-state index in [4.69, 9.17) is 4.74 Å². The lowest BCUT2D eigenvalue weighted by Gasteiger charge is -2.31. The van der Waals surface area contributed by atoms with Crippen LogP contribution in [-0.4, -0.2) is 47.0 Å². The summed E-state index contributed by atoms with van der Waals surface area (Å²) in [6.45, 7) is 0.480. The van der Waals surface area contributed by atoms with Crippen molar-refractivity contribution in [3.05, 3.63) is 0 Å². The minimum atomic E-state index is -3.10. The Hall–Kier alpha value is -0.170. The highest BCUT2D eigenvalue weighted by molar-refractivity contribution is 7.89. The molecule has 0 bridgehead atoms. The molecule has 96 valence electrons. The van der Waals surface area contributed by atoms with Crippen LogP contribution in [0.4, 0.5) is 0 Å². The zero-order valence-corrected chi connectivity index (χ0v) is 10.8. The summed E-state index contributed by atoms with van der Waals surface area (Å²) in [5.74, 6) is 0.121. The number of nitrogens with one attached hydrogen (secondary N) is 2. The lowest BCUT2D eigenvalue weighted by atomic mass is 9.92. The Bertz CT molecular complexity index is 292. The van der Waals surface area contributed by atoms with Crippen LogP contribution in [0.5, 0.6) is 0 Å². The number of hydrogen-bond acceptors (Lipinski definition) is 4. The molecule has 1 rings (SSSR count). The fourth-order valence-electron chi connectivity index (χ4n) is 2.09. The van der Waals surface area contributed by atoms with Gasteiger partial charge in [-0.1, -0.05) is 12.8 Å². The van der Waals surface area contributed by atoms with Gasteiger partial charge in [0.15, 0.2) is 0 Å². The Morgan fingerprint density at radius 3 is 2.62 bits per heavy atom. The Morgan fingerprint density at radius 2 is 2.00 bits per heavy atom. The third kappa shape index (κ3) is 4.37. The van der Waals surface area contributed by atoms with E-state index >= 15 is 0 Å². The highest BCUT2D eigenvalue weighted by Gasteiger charge is 2.24.